The highest BCUT2D eigenvalue weighted by atomic mass is 127. The number of nitrogens with one attached hydrogen (secondary N) is 2. The van der Waals surface area contributed by atoms with Crippen LogP contribution in [0.3, 0.4) is 0 Å². The van der Waals surface area contributed by atoms with Crippen LogP contribution in [0.15, 0.2) is 28.7 Å². The molecule has 9 heteroatoms. The number of amides is 1. The van der Waals surface area contributed by atoms with E-state index in [0.717, 1.165) is 34.5 Å². The van der Waals surface area contributed by atoms with Crippen LogP contribution in [-0.2, 0) is 4.84 Å². The monoisotopic (exact) mass is 566 g/mol. The zero-order chi connectivity index (χ0) is 20.4. The van der Waals surface area contributed by atoms with Gasteiger partial charge in [-0.05, 0) is 88.1 Å². The predicted molar refractivity (Wildman–Crippen MR) is 113 cm³/mol. The van der Waals surface area contributed by atoms with E-state index < -0.39 is 23.8 Å². The van der Waals surface area contributed by atoms with Gasteiger partial charge in [0.15, 0.2) is 17.9 Å². The van der Waals surface area contributed by atoms with E-state index in [1.165, 1.54) is 0 Å². The lowest BCUT2D eigenvalue weighted by molar-refractivity contribution is -0.178. The number of hydrogen-bond donors (Lipinski definition) is 3. The Morgan fingerprint density at radius 2 is 2.04 bits per heavy atom. The van der Waals surface area contributed by atoms with Gasteiger partial charge in [-0.15, -0.1) is 0 Å². The second kappa shape index (κ2) is 9.02. The van der Waals surface area contributed by atoms with E-state index in [4.69, 9.17) is 4.84 Å². The summed E-state index contributed by atoms with van der Waals surface area (Å²) in [5.41, 5.74) is 2.99. The van der Waals surface area contributed by atoms with Crippen molar-refractivity contribution in [1.82, 2.24) is 5.48 Å². The maximum atomic E-state index is 14.6. The van der Waals surface area contributed by atoms with Crippen LogP contribution in [0, 0.1) is 28.0 Å². The molecule has 0 radical (unpaired) electrons. The number of hydroxylamine groups is 1. The fourth-order valence-electron chi connectivity index (χ4n) is 2.79. The Hall–Kier alpha value is -1.30. The number of aliphatic hydroxyl groups excluding tert-OH is 1. The summed E-state index contributed by atoms with van der Waals surface area (Å²) in [6.07, 6.45) is 1.49. The van der Waals surface area contributed by atoms with Gasteiger partial charge in [0.25, 0.3) is 5.91 Å². The first kappa shape index (κ1) is 21.4. The molecule has 1 fully saturated rings. The number of anilines is 2. The highest BCUT2D eigenvalue weighted by Gasteiger charge is 2.28. The van der Waals surface area contributed by atoms with Crippen molar-refractivity contribution in [3.8, 4) is 0 Å². The Balaban J connectivity index is 1.87. The summed E-state index contributed by atoms with van der Waals surface area (Å²) in [4.78, 5) is 17.6. The molecule has 1 aliphatic rings. The number of halogens is 4. The Kier molecular flexibility index (Phi) is 6.89. The van der Waals surface area contributed by atoms with Crippen LogP contribution in [0.5, 0.6) is 0 Å². The van der Waals surface area contributed by atoms with Crippen LogP contribution < -0.4 is 10.8 Å². The average Bonchev–Trinajstić information content (AvgIpc) is 2.60. The van der Waals surface area contributed by atoms with Crippen LogP contribution in [-0.4, -0.2) is 17.3 Å². The van der Waals surface area contributed by atoms with Gasteiger partial charge in [-0.25, -0.2) is 19.1 Å². The maximum absolute atomic E-state index is 14.6. The minimum Gasteiger partial charge on any atom is -0.366 e. The summed E-state index contributed by atoms with van der Waals surface area (Å²) < 4.78 is 29.5. The van der Waals surface area contributed by atoms with E-state index in [1.54, 1.807) is 12.1 Å². The molecular formula is C19H18BrF2IN2O3. The van der Waals surface area contributed by atoms with E-state index in [2.05, 4.69) is 49.3 Å². The summed E-state index contributed by atoms with van der Waals surface area (Å²) in [7, 11) is 0. The Bertz CT molecular complexity index is 909. The molecule has 2 aromatic carbocycles. The molecule has 0 bridgehead atoms. The predicted octanol–water partition coefficient (Wildman–Crippen LogP) is 5.16. The molecule has 3 rings (SSSR count). The molecule has 28 heavy (non-hydrogen) atoms. The van der Waals surface area contributed by atoms with Crippen molar-refractivity contribution in [2.75, 3.05) is 5.32 Å². The van der Waals surface area contributed by atoms with Crippen LogP contribution >= 0.6 is 38.5 Å². The molecular weight excluding hydrogens is 549 g/mol. The van der Waals surface area contributed by atoms with Gasteiger partial charge in [-0.1, -0.05) is 6.42 Å². The van der Waals surface area contributed by atoms with Gasteiger partial charge in [0, 0.05) is 15.2 Å². The maximum Gasteiger partial charge on any atom is 0.277 e. The molecule has 5 nitrogen and oxygen atoms in total. The second-order valence-electron chi connectivity index (χ2n) is 6.62. The third-order valence-corrected chi connectivity index (χ3v) is 5.93. The Morgan fingerprint density at radius 1 is 1.32 bits per heavy atom. The molecule has 2 aromatic rings. The third-order valence-electron chi connectivity index (χ3n) is 4.68. The van der Waals surface area contributed by atoms with Gasteiger partial charge >= 0.3 is 0 Å². The number of hydrogen-bond acceptors (Lipinski definition) is 4. The van der Waals surface area contributed by atoms with Crippen molar-refractivity contribution in [1.29, 1.82) is 0 Å². The Labute approximate surface area is 183 Å². The number of rotatable bonds is 6. The SMILES string of the molecule is Cc1cc(I)ccc1Nc1c(C(=O)NOC(O)C2CCC2)cc(Br)c(F)c1F. The van der Waals surface area contributed by atoms with Gasteiger partial charge in [0.05, 0.1) is 15.7 Å². The first-order valence-electron chi connectivity index (χ1n) is 8.62. The molecule has 1 aliphatic carbocycles. The third kappa shape index (κ3) is 4.64. The molecule has 1 saturated carbocycles. The van der Waals surface area contributed by atoms with Crippen LogP contribution in [0.4, 0.5) is 20.2 Å². The van der Waals surface area contributed by atoms with Gasteiger partial charge in [0.1, 0.15) is 0 Å². The van der Waals surface area contributed by atoms with Crippen molar-refractivity contribution >= 4 is 55.8 Å². The standard InChI is InChI=1S/C19H18BrF2IN2O3/c1-9-7-11(23)5-6-14(9)24-17-12(8-13(20)15(21)16(17)22)18(26)25-28-19(27)10-3-2-4-10/h5-8,10,19,24,27H,2-4H2,1H3,(H,25,26). The summed E-state index contributed by atoms with van der Waals surface area (Å²) in [5.74, 6) is -3.15. The van der Waals surface area contributed by atoms with Gasteiger partial charge in [-0.2, -0.15) is 0 Å². The number of aliphatic hydroxyl groups is 1. The average molecular weight is 567 g/mol. The fraction of sp³-hybridized carbons (Fsp3) is 0.316. The van der Waals surface area contributed by atoms with Crippen molar-refractivity contribution in [2.24, 2.45) is 5.92 Å². The topological polar surface area (TPSA) is 70.6 Å². The lowest BCUT2D eigenvalue weighted by Gasteiger charge is -2.29. The smallest absolute Gasteiger partial charge is 0.277 e. The number of benzene rings is 2. The van der Waals surface area contributed by atoms with E-state index in [1.807, 2.05) is 13.0 Å². The van der Waals surface area contributed by atoms with Gasteiger partial charge < -0.3 is 10.4 Å². The molecule has 0 aromatic heterocycles. The Morgan fingerprint density at radius 3 is 2.64 bits per heavy atom. The van der Waals surface area contributed by atoms with Crippen molar-refractivity contribution in [3.63, 3.8) is 0 Å². The quantitative estimate of drug-likeness (QED) is 0.195. The minimum atomic E-state index is -1.20. The highest BCUT2D eigenvalue weighted by Crippen LogP contribution is 2.33. The summed E-state index contributed by atoms with van der Waals surface area (Å²) in [6.45, 7) is 1.81. The number of aryl methyl sites for hydroxylation is 1. The largest absolute Gasteiger partial charge is 0.366 e. The minimum absolute atomic E-state index is 0.0379. The molecule has 1 atom stereocenters. The van der Waals surface area contributed by atoms with E-state index >= 15 is 0 Å². The fourth-order valence-corrected chi connectivity index (χ4v) is 3.84. The summed E-state index contributed by atoms with van der Waals surface area (Å²) in [5, 5.41) is 12.7. The van der Waals surface area contributed by atoms with E-state index in [9.17, 15) is 18.7 Å². The first-order chi connectivity index (χ1) is 13.3. The molecule has 1 amide bonds. The van der Waals surface area contributed by atoms with Gasteiger partial charge in [0.2, 0.25) is 0 Å². The van der Waals surface area contributed by atoms with E-state index in [0.29, 0.717) is 5.69 Å². The molecule has 150 valence electrons. The van der Waals surface area contributed by atoms with E-state index in [-0.39, 0.29) is 21.6 Å². The molecule has 0 saturated heterocycles. The number of carbonyl (C=O) groups excluding carboxylic acids is 1. The molecule has 3 N–H and O–H groups in total. The molecule has 0 aliphatic heterocycles. The second-order valence-corrected chi connectivity index (χ2v) is 8.72. The lowest BCUT2D eigenvalue weighted by atomic mass is 9.85. The summed E-state index contributed by atoms with van der Waals surface area (Å²) in [6, 6.07) is 6.56. The van der Waals surface area contributed by atoms with Crippen molar-refractivity contribution in [3.05, 3.63) is 55.1 Å². The summed E-state index contributed by atoms with van der Waals surface area (Å²) >= 11 is 5.06. The molecule has 1 unspecified atom stereocenters. The zero-order valence-corrected chi connectivity index (χ0v) is 18.6. The van der Waals surface area contributed by atoms with Crippen molar-refractivity contribution in [2.45, 2.75) is 32.5 Å². The normalized spacial score (nSPS) is 15.1. The molecule has 0 heterocycles. The first-order valence-corrected chi connectivity index (χ1v) is 10.5. The van der Waals surface area contributed by atoms with Gasteiger partial charge in [-0.3, -0.25) is 4.79 Å². The zero-order valence-electron chi connectivity index (χ0n) is 14.9. The van der Waals surface area contributed by atoms with Crippen molar-refractivity contribution < 1.29 is 23.5 Å². The van der Waals surface area contributed by atoms with Crippen LogP contribution in [0.25, 0.3) is 0 Å². The van der Waals surface area contributed by atoms with Crippen LogP contribution in [0.2, 0.25) is 0 Å². The molecule has 0 spiro atoms. The lowest BCUT2D eigenvalue weighted by Crippen LogP contribution is -2.36. The highest BCUT2D eigenvalue weighted by molar-refractivity contribution is 14.1. The number of carbonyl (C=O) groups is 1. The van der Waals surface area contributed by atoms with Crippen LogP contribution in [0.1, 0.15) is 35.2 Å².